The molecule has 2 fully saturated rings. The topological polar surface area (TPSA) is 41.9 Å². The van der Waals surface area contributed by atoms with E-state index in [-0.39, 0.29) is 11.5 Å². The van der Waals surface area contributed by atoms with Crippen LogP contribution in [0.15, 0.2) is 18.2 Å². The van der Waals surface area contributed by atoms with E-state index >= 15 is 0 Å². The summed E-state index contributed by atoms with van der Waals surface area (Å²) in [5, 5.41) is 10.0. The average Bonchev–Trinajstić information content (AvgIpc) is 2.85. The van der Waals surface area contributed by atoms with Gasteiger partial charge in [0.05, 0.1) is 20.3 Å². The molecule has 0 aromatic heterocycles. The number of fused-ring (bicyclic) bond motifs is 1. The summed E-state index contributed by atoms with van der Waals surface area (Å²) in [5.74, 6) is 1.57. The Hall–Kier alpha value is -1.26. The van der Waals surface area contributed by atoms with Crippen LogP contribution in [0.5, 0.6) is 11.5 Å². The maximum Gasteiger partial charge on any atom is 0.161 e. The van der Waals surface area contributed by atoms with Crippen LogP contribution in [0.25, 0.3) is 0 Å². The number of likely N-dealkylation sites (tertiary alicyclic amines) is 1. The highest BCUT2D eigenvalue weighted by molar-refractivity contribution is 5.46. The largest absolute Gasteiger partial charge is 0.493 e. The lowest BCUT2D eigenvalue weighted by molar-refractivity contribution is 0.0566. The molecule has 0 amide bonds. The van der Waals surface area contributed by atoms with E-state index in [2.05, 4.69) is 24.1 Å². The number of nitrogens with zero attached hydrogens (tertiary/aromatic N) is 1. The maximum absolute atomic E-state index is 10.0. The molecule has 1 aromatic rings. The Morgan fingerprint density at radius 1 is 1.19 bits per heavy atom. The molecule has 2 aliphatic rings. The molecule has 1 aromatic carbocycles. The van der Waals surface area contributed by atoms with E-state index in [4.69, 9.17) is 9.47 Å². The van der Waals surface area contributed by atoms with Crippen molar-refractivity contribution in [2.45, 2.75) is 43.2 Å². The zero-order valence-corrected chi connectivity index (χ0v) is 13.1. The van der Waals surface area contributed by atoms with Crippen molar-refractivity contribution in [2.75, 3.05) is 27.8 Å². The minimum absolute atomic E-state index is 0.146. The standard InChI is InChI=1S/C17H25NO3/c1-18-9-8-17(7-6-13(19)11-16(17)18)12-4-5-14(20-2)15(10-12)21-3/h4-5,10,13,16,19H,6-9,11H2,1-3H3/t13?,16?,17-/m0/s1. The zero-order chi connectivity index (χ0) is 15.0. The van der Waals surface area contributed by atoms with Gasteiger partial charge in [-0.25, -0.2) is 0 Å². The first-order valence-corrected chi connectivity index (χ1v) is 7.71. The molecule has 0 spiro atoms. The fourth-order valence-corrected chi connectivity index (χ4v) is 4.24. The molecule has 3 rings (SSSR count). The van der Waals surface area contributed by atoms with Gasteiger partial charge in [-0.2, -0.15) is 0 Å². The van der Waals surface area contributed by atoms with Crippen LogP contribution in [0, 0.1) is 0 Å². The minimum Gasteiger partial charge on any atom is -0.493 e. The van der Waals surface area contributed by atoms with E-state index in [0.717, 1.165) is 43.7 Å². The lowest BCUT2D eigenvalue weighted by Crippen LogP contribution is -2.47. The number of likely N-dealkylation sites (N-methyl/N-ethyl adjacent to an activating group) is 1. The number of ether oxygens (including phenoxy) is 2. The number of hydrogen-bond acceptors (Lipinski definition) is 4. The van der Waals surface area contributed by atoms with Gasteiger partial charge in [0, 0.05) is 11.5 Å². The molecule has 2 unspecified atom stereocenters. The Bertz CT molecular complexity index is 519. The van der Waals surface area contributed by atoms with E-state index in [0.29, 0.717) is 6.04 Å². The third-order valence-corrected chi connectivity index (χ3v) is 5.46. The van der Waals surface area contributed by atoms with Crippen molar-refractivity contribution < 1.29 is 14.6 Å². The van der Waals surface area contributed by atoms with Crippen molar-refractivity contribution in [1.82, 2.24) is 4.90 Å². The predicted molar refractivity (Wildman–Crippen MR) is 82.1 cm³/mol. The Labute approximate surface area is 126 Å². The van der Waals surface area contributed by atoms with Crippen molar-refractivity contribution >= 4 is 0 Å². The number of aliphatic hydroxyl groups excluding tert-OH is 1. The van der Waals surface area contributed by atoms with Gasteiger partial charge in [-0.1, -0.05) is 6.07 Å². The molecule has 1 aliphatic heterocycles. The molecule has 4 nitrogen and oxygen atoms in total. The molecule has 0 radical (unpaired) electrons. The first-order valence-electron chi connectivity index (χ1n) is 7.71. The molecular formula is C17H25NO3. The van der Waals surface area contributed by atoms with Crippen molar-refractivity contribution in [3.63, 3.8) is 0 Å². The van der Waals surface area contributed by atoms with Gasteiger partial charge in [0.15, 0.2) is 11.5 Å². The van der Waals surface area contributed by atoms with Gasteiger partial charge in [0.25, 0.3) is 0 Å². The van der Waals surface area contributed by atoms with Gasteiger partial charge < -0.3 is 19.5 Å². The van der Waals surface area contributed by atoms with Crippen LogP contribution in [0.1, 0.15) is 31.2 Å². The van der Waals surface area contributed by atoms with Gasteiger partial charge in [-0.05, 0) is 57.0 Å². The van der Waals surface area contributed by atoms with E-state index < -0.39 is 0 Å². The van der Waals surface area contributed by atoms with Crippen LogP contribution in [0.2, 0.25) is 0 Å². The second-order valence-corrected chi connectivity index (χ2v) is 6.40. The number of methoxy groups -OCH3 is 2. The van der Waals surface area contributed by atoms with Crippen LogP contribution < -0.4 is 9.47 Å². The summed E-state index contributed by atoms with van der Waals surface area (Å²) in [6.07, 6.45) is 3.78. The highest BCUT2D eigenvalue weighted by Crippen LogP contribution is 2.49. The summed E-state index contributed by atoms with van der Waals surface area (Å²) in [5.41, 5.74) is 1.47. The molecule has 21 heavy (non-hydrogen) atoms. The SMILES string of the molecule is COc1ccc([C@@]23CCC(O)CC2N(C)CC3)cc1OC. The second kappa shape index (κ2) is 5.50. The fraction of sp³-hybridized carbons (Fsp3) is 0.647. The van der Waals surface area contributed by atoms with Crippen LogP contribution in [-0.2, 0) is 5.41 Å². The summed E-state index contributed by atoms with van der Waals surface area (Å²) in [6.45, 7) is 1.09. The van der Waals surface area contributed by atoms with Crippen molar-refractivity contribution in [2.24, 2.45) is 0 Å². The molecule has 116 valence electrons. The van der Waals surface area contributed by atoms with Gasteiger partial charge in [-0.15, -0.1) is 0 Å². The minimum atomic E-state index is -0.163. The van der Waals surface area contributed by atoms with Crippen molar-refractivity contribution in [1.29, 1.82) is 0 Å². The molecule has 0 bridgehead atoms. The van der Waals surface area contributed by atoms with Crippen molar-refractivity contribution in [3.05, 3.63) is 23.8 Å². The van der Waals surface area contributed by atoms with Gasteiger partial charge in [0.2, 0.25) is 0 Å². The van der Waals surface area contributed by atoms with E-state index in [1.54, 1.807) is 14.2 Å². The monoisotopic (exact) mass is 291 g/mol. The molecule has 1 aliphatic carbocycles. The lowest BCUT2D eigenvalue weighted by atomic mass is 9.65. The summed E-state index contributed by atoms with van der Waals surface area (Å²) in [6, 6.07) is 6.72. The zero-order valence-electron chi connectivity index (χ0n) is 13.1. The van der Waals surface area contributed by atoms with Crippen LogP contribution in [0.4, 0.5) is 0 Å². The summed E-state index contributed by atoms with van der Waals surface area (Å²) in [4.78, 5) is 2.40. The fourth-order valence-electron chi connectivity index (χ4n) is 4.24. The molecule has 1 heterocycles. The van der Waals surface area contributed by atoms with Crippen LogP contribution >= 0.6 is 0 Å². The molecule has 1 saturated carbocycles. The Balaban J connectivity index is 2.01. The molecular weight excluding hydrogens is 266 g/mol. The average molecular weight is 291 g/mol. The Kier molecular flexibility index (Phi) is 3.84. The molecule has 1 N–H and O–H groups in total. The highest BCUT2D eigenvalue weighted by atomic mass is 16.5. The van der Waals surface area contributed by atoms with Crippen LogP contribution in [0.3, 0.4) is 0 Å². The lowest BCUT2D eigenvalue weighted by Gasteiger charge is -2.43. The Morgan fingerprint density at radius 3 is 2.67 bits per heavy atom. The highest BCUT2D eigenvalue weighted by Gasteiger charge is 2.50. The first-order chi connectivity index (χ1) is 10.1. The quantitative estimate of drug-likeness (QED) is 0.927. The normalized spacial score (nSPS) is 32.8. The van der Waals surface area contributed by atoms with Gasteiger partial charge in [-0.3, -0.25) is 0 Å². The van der Waals surface area contributed by atoms with Crippen molar-refractivity contribution in [3.8, 4) is 11.5 Å². The second-order valence-electron chi connectivity index (χ2n) is 6.40. The Morgan fingerprint density at radius 2 is 1.95 bits per heavy atom. The number of hydrogen-bond donors (Lipinski definition) is 1. The van der Waals surface area contributed by atoms with E-state index in [1.807, 2.05) is 6.07 Å². The molecule has 3 atom stereocenters. The third-order valence-electron chi connectivity index (χ3n) is 5.46. The maximum atomic E-state index is 10.0. The first kappa shape index (κ1) is 14.7. The number of benzene rings is 1. The summed E-state index contributed by atoms with van der Waals surface area (Å²) in [7, 11) is 5.52. The van der Waals surface area contributed by atoms with Gasteiger partial charge in [0.1, 0.15) is 0 Å². The molecule has 4 heteroatoms. The number of aliphatic hydroxyl groups is 1. The van der Waals surface area contributed by atoms with Crippen LogP contribution in [-0.4, -0.2) is 50.0 Å². The van der Waals surface area contributed by atoms with Gasteiger partial charge >= 0.3 is 0 Å². The third kappa shape index (κ3) is 2.30. The van der Waals surface area contributed by atoms with E-state index in [1.165, 1.54) is 5.56 Å². The smallest absolute Gasteiger partial charge is 0.161 e. The summed E-state index contributed by atoms with van der Waals surface area (Å²) >= 11 is 0. The molecule has 1 saturated heterocycles. The predicted octanol–water partition coefficient (Wildman–Crippen LogP) is 2.19. The summed E-state index contributed by atoms with van der Waals surface area (Å²) < 4.78 is 10.8. The van der Waals surface area contributed by atoms with E-state index in [9.17, 15) is 5.11 Å². The number of rotatable bonds is 3.